The predicted octanol–water partition coefficient (Wildman–Crippen LogP) is 4.40. The Morgan fingerprint density at radius 3 is 2.47 bits per heavy atom. The Bertz CT molecular complexity index is 547. The van der Waals surface area contributed by atoms with Gasteiger partial charge in [-0.05, 0) is 52.3 Å². The average molecular weight is 251 g/mol. The highest BCUT2D eigenvalue weighted by molar-refractivity contribution is 6.20. The fraction of sp³-hybridized carbons (Fsp3) is 0.500. The van der Waals surface area contributed by atoms with Crippen molar-refractivity contribution in [3.8, 4) is 0 Å². The summed E-state index contributed by atoms with van der Waals surface area (Å²) >= 11 is 6.24. The van der Waals surface area contributed by atoms with Crippen LogP contribution in [0.1, 0.15) is 44.5 Å². The third-order valence-electron chi connectivity index (χ3n) is 2.86. The van der Waals surface area contributed by atoms with Crippen LogP contribution in [0.25, 0.3) is 11.0 Å². The van der Waals surface area contributed by atoms with Gasteiger partial charge >= 0.3 is 0 Å². The van der Waals surface area contributed by atoms with Gasteiger partial charge in [0, 0.05) is 5.54 Å². The predicted molar refractivity (Wildman–Crippen MR) is 73.7 cm³/mol. The summed E-state index contributed by atoms with van der Waals surface area (Å²) in [5, 5.41) is -0.0815. The van der Waals surface area contributed by atoms with Crippen LogP contribution in [0.5, 0.6) is 0 Å². The largest absolute Gasteiger partial charge is 0.321 e. The molecule has 2 rings (SSSR count). The summed E-state index contributed by atoms with van der Waals surface area (Å²) in [7, 11) is 0. The second-order valence-corrected chi connectivity index (χ2v) is 6.24. The first kappa shape index (κ1) is 12.4. The maximum absolute atomic E-state index is 6.24. The first-order valence-corrected chi connectivity index (χ1v) is 6.38. The van der Waals surface area contributed by atoms with Gasteiger partial charge in [-0.1, -0.05) is 6.07 Å². The molecule has 0 aliphatic carbocycles. The number of nitrogens with zero attached hydrogens (tertiary/aromatic N) is 2. The molecule has 0 bridgehead atoms. The van der Waals surface area contributed by atoms with Crippen molar-refractivity contribution in [2.45, 2.75) is 45.5 Å². The third kappa shape index (κ3) is 2.19. The summed E-state index contributed by atoms with van der Waals surface area (Å²) in [5.41, 5.74) is 3.42. The van der Waals surface area contributed by atoms with Crippen LogP contribution in [0.3, 0.4) is 0 Å². The molecule has 1 unspecified atom stereocenters. The lowest BCUT2D eigenvalue weighted by Gasteiger charge is -2.25. The lowest BCUT2D eigenvalue weighted by molar-refractivity contribution is 0.394. The number of hydrogen-bond acceptors (Lipinski definition) is 1. The molecule has 1 aromatic heterocycles. The summed E-state index contributed by atoms with van der Waals surface area (Å²) in [4.78, 5) is 4.65. The molecule has 0 saturated heterocycles. The number of hydrogen-bond donors (Lipinski definition) is 0. The number of halogens is 1. The molecule has 0 amide bonds. The van der Waals surface area contributed by atoms with Gasteiger partial charge in [0.1, 0.15) is 5.82 Å². The van der Waals surface area contributed by atoms with Crippen molar-refractivity contribution in [2.75, 3.05) is 0 Å². The minimum atomic E-state index is -0.0815. The monoisotopic (exact) mass is 250 g/mol. The molecule has 0 spiro atoms. The summed E-state index contributed by atoms with van der Waals surface area (Å²) in [6.45, 7) is 10.6. The Morgan fingerprint density at radius 2 is 1.94 bits per heavy atom. The van der Waals surface area contributed by atoms with E-state index in [4.69, 9.17) is 11.6 Å². The van der Waals surface area contributed by atoms with Crippen molar-refractivity contribution in [3.05, 3.63) is 29.6 Å². The first-order chi connectivity index (χ1) is 7.80. The lowest BCUT2D eigenvalue weighted by Crippen LogP contribution is -2.24. The molecule has 0 N–H and O–H groups in total. The second-order valence-electron chi connectivity index (χ2n) is 5.58. The molecule has 3 heteroatoms. The van der Waals surface area contributed by atoms with E-state index in [1.165, 1.54) is 11.1 Å². The minimum Gasteiger partial charge on any atom is -0.321 e. The molecule has 2 nitrogen and oxygen atoms in total. The van der Waals surface area contributed by atoms with E-state index in [-0.39, 0.29) is 10.9 Å². The van der Waals surface area contributed by atoms with Crippen LogP contribution in [0.2, 0.25) is 0 Å². The van der Waals surface area contributed by atoms with Gasteiger partial charge < -0.3 is 4.57 Å². The van der Waals surface area contributed by atoms with E-state index in [0.717, 1.165) is 11.3 Å². The van der Waals surface area contributed by atoms with Crippen molar-refractivity contribution < 1.29 is 0 Å². The number of rotatable bonds is 1. The number of imidazole rings is 1. The number of alkyl halides is 1. The molecule has 0 aliphatic heterocycles. The van der Waals surface area contributed by atoms with Crippen LogP contribution in [0.15, 0.2) is 18.2 Å². The van der Waals surface area contributed by atoms with Crippen molar-refractivity contribution in [1.29, 1.82) is 0 Å². The summed E-state index contributed by atoms with van der Waals surface area (Å²) in [6.07, 6.45) is 0. The molecular formula is C14H19ClN2. The average Bonchev–Trinajstić information content (AvgIpc) is 2.55. The van der Waals surface area contributed by atoms with Crippen LogP contribution in [0, 0.1) is 6.92 Å². The van der Waals surface area contributed by atoms with Gasteiger partial charge in [0.05, 0.1) is 16.4 Å². The van der Waals surface area contributed by atoms with Gasteiger partial charge in [-0.3, -0.25) is 0 Å². The molecule has 0 saturated carbocycles. The van der Waals surface area contributed by atoms with Gasteiger partial charge in [-0.25, -0.2) is 4.98 Å². The third-order valence-corrected chi connectivity index (χ3v) is 3.06. The Kier molecular flexibility index (Phi) is 2.94. The van der Waals surface area contributed by atoms with Gasteiger partial charge in [0.25, 0.3) is 0 Å². The number of benzene rings is 1. The Balaban J connectivity index is 2.83. The molecule has 2 aromatic rings. The Hall–Kier alpha value is -1.02. The molecule has 1 heterocycles. The van der Waals surface area contributed by atoms with E-state index in [2.05, 4.69) is 55.4 Å². The summed E-state index contributed by atoms with van der Waals surface area (Å²) in [5.74, 6) is 0.944. The maximum atomic E-state index is 6.24. The van der Waals surface area contributed by atoms with Crippen molar-refractivity contribution in [2.24, 2.45) is 0 Å². The van der Waals surface area contributed by atoms with Crippen molar-refractivity contribution in [1.82, 2.24) is 9.55 Å². The Labute approximate surface area is 108 Å². The fourth-order valence-corrected chi connectivity index (χ4v) is 2.32. The van der Waals surface area contributed by atoms with E-state index < -0.39 is 0 Å². The molecule has 92 valence electrons. The van der Waals surface area contributed by atoms with Crippen molar-refractivity contribution in [3.63, 3.8) is 0 Å². The van der Waals surface area contributed by atoms with Gasteiger partial charge in [0.15, 0.2) is 0 Å². The SMILES string of the molecule is Cc1ccc2nc(C(C)Cl)n(C(C)(C)C)c2c1. The van der Waals surface area contributed by atoms with E-state index in [1.807, 2.05) is 6.92 Å². The molecular weight excluding hydrogens is 232 g/mol. The van der Waals surface area contributed by atoms with Crippen LogP contribution >= 0.6 is 11.6 Å². The lowest BCUT2D eigenvalue weighted by atomic mass is 10.1. The van der Waals surface area contributed by atoms with Gasteiger partial charge in [0.2, 0.25) is 0 Å². The highest BCUT2D eigenvalue weighted by atomic mass is 35.5. The number of fused-ring (bicyclic) bond motifs is 1. The Morgan fingerprint density at radius 1 is 1.29 bits per heavy atom. The first-order valence-electron chi connectivity index (χ1n) is 5.94. The quantitative estimate of drug-likeness (QED) is 0.686. The topological polar surface area (TPSA) is 17.8 Å². The highest BCUT2D eigenvalue weighted by Gasteiger charge is 2.23. The number of aryl methyl sites for hydroxylation is 1. The molecule has 0 fully saturated rings. The molecule has 17 heavy (non-hydrogen) atoms. The normalized spacial score (nSPS) is 14.2. The zero-order valence-electron chi connectivity index (χ0n) is 11.1. The zero-order valence-corrected chi connectivity index (χ0v) is 11.8. The summed E-state index contributed by atoms with van der Waals surface area (Å²) < 4.78 is 2.24. The summed E-state index contributed by atoms with van der Waals surface area (Å²) in [6, 6.07) is 6.33. The maximum Gasteiger partial charge on any atom is 0.128 e. The number of aromatic nitrogens is 2. The minimum absolute atomic E-state index is 0.0129. The van der Waals surface area contributed by atoms with Gasteiger partial charge in [-0.15, -0.1) is 11.6 Å². The molecule has 1 atom stereocenters. The molecule has 1 aromatic carbocycles. The smallest absolute Gasteiger partial charge is 0.128 e. The van der Waals surface area contributed by atoms with Crippen LogP contribution in [-0.4, -0.2) is 9.55 Å². The van der Waals surface area contributed by atoms with Gasteiger partial charge in [-0.2, -0.15) is 0 Å². The molecule has 0 aliphatic rings. The molecule has 0 radical (unpaired) electrons. The standard InChI is InChI=1S/C14H19ClN2/c1-9-6-7-11-12(8-9)17(14(3,4)5)13(16-11)10(2)15/h6-8,10H,1-5H3. The van der Waals surface area contributed by atoms with Crippen LogP contribution < -0.4 is 0 Å². The van der Waals surface area contributed by atoms with E-state index >= 15 is 0 Å². The van der Waals surface area contributed by atoms with E-state index in [9.17, 15) is 0 Å². The van der Waals surface area contributed by atoms with Crippen molar-refractivity contribution >= 4 is 22.6 Å². The highest BCUT2D eigenvalue weighted by Crippen LogP contribution is 2.30. The van der Waals surface area contributed by atoms with E-state index in [0.29, 0.717) is 0 Å². The fourth-order valence-electron chi connectivity index (χ4n) is 2.18. The second kappa shape index (κ2) is 4.02. The van der Waals surface area contributed by atoms with Crippen LogP contribution in [-0.2, 0) is 5.54 Å². The van der Waals surface area contributed by atoms with E-state index in [1.54, 1.807) is 0 Å². The van der Waals surface area contributed by atoms with Crippen LogP contribution in [0.4, 0.5) is 0 Å². The zero-order chi connectivity index (χ0) is 12.8.